The molecular weight excluding hydrogens is 362 g/mol. The van der Waals surface area contributed by atoms with Crippen LogP contribution in [0, 0.1) is 0 Å². The molecule has 1 atom stereocenters. The van der Waals surface area contributed by atoms with Crippen molar-refractivity contribution >= 4 is 28.1 Å². The van der Waals surface area contributed by atoms with Crippen LogP contribution in [-0.2, 0) is 4.74 Å². The summed E-state index contributed by atoms with van der Waals surface area (Å²) < 4.78 is 5.45. The number of carbonyl (C=O) groups is 1. The van der Waals surface area contributed by atoms with Gasteiger partial charge in [-0.15, -0.1) is 11.3 Å². The highest BCUT2D eigenvalue weighted by Crippen LogP contribution is 2.25. The van der Waals surface area contributed by atoms with Crippen LogP contribution >= 0.6 is 11.3 Å². The highest BCUT2D eigenvalue weighted by atomic mass is 32.1. The van der Waals surface area contributed by atoms with Crippen LogP contribution in [0.3, 0.4) is 0 Å². The van der Waals surface area contributed by atoms with Crippen molar-refractivity contribution in [3.63, 3.8) is 0 Å². The Morgan fingerprint density at radius 1 is 1.22 bits per heavy atom. The number of thiophene rings is 1. The minimum atomic E-state index is -0.370. The predicted octanol–water partition coefficient (Wildman–Crippen LogP) is 2.39. The van der Waals surface area contributed by atoms with Crippen molar-refractivity contribution in [1.82, 2.24) is 15.2 Å². The molecule has 1 aliphatic heterocycles. The molecule has 140 valence electrons. The van der Waals surface area contributed by atoms with Gasteiger partial charge in [0.2, 0.25) is 0 Å². The van der Waals surface area contributed by atoms with Crippen molar-refractivity contribution in [1.29, 1.82) is 0 Å². The number of fused-ring (bicyclic) bond motifs is 1. The predicted molar refractivity (Wildman–Crippen MR) is 106 cm³/mol. The van der Waals surface area contributed by atoms with E-state index in [4.69, 9.17) is 4.74 Å². The van der Waals surface area contributed by atoms with Gasteiger partial charge in [-0.05, 0) is 29.0 Å². The standard InChI is InChI=1S/C20H21N3O3S/c24-19(15-12-14-4-1-2-5-16(14)22-20(15)25)21-13-17(18-6-3-11-27-18)23-7-9-26-10-8-23/h1-6,11-12,17H,7-10,13H2,(H,21,24)(H,22,25)/t17-/m1/s1. The number of nitrogens with one attached hydrogen (secondary N) is 2. The van der Waals surface area contributed by atoms with Crippen LogP contribution in [0.5, 0.6) is 0 Å². The molecule has 0 spiro atoms. The van der Waals surface area contributed by atoms with Gasteiger partial charge in [-0.1, -0.05) is 24.3 Å². The van der Waals surface area contributed by atoms with Crippen molar-refractivity contribution in [3.05, 3.63) is 68.6 Å². The summed E-state index contributed by atoms with van der Waals surface area (Å²) in [5, 5.41) is 5.83. The average molecular weight is 383 g/mol. The summed E-state index contributed by atoms with van der Waals surface area (Å²) in [6, 6.07) is 13.3. The first-order valence-corrected chi connectivity index (χ1v) is 9.86. The summed E-state index contributed by atoms with van der Waals surface area (Å²) in [5.74, 6) is -0.350. The van der Waals surface area contributed by atoms with E-state index in [0.29, 0.717) is 19.8 Å². The first-order chi connectivity index (χ1) is 13.2. The molecule has 4 rings (SSSR count). The Hall–Kier alpha value is -2.48. The Morgan fingerprint density at radius 2 is 2.04 bits per heavy atom. The number of amides is 1. The molecule has 0 aliphatic carbocycles. The molecular formula is C20H21N3O3S. The SMILES string of the molecule is O=C(NC[C@H](c1cccs1)N1CCOCC1)c1cc2ccccc2[nH]c1=O. The van der Waals surface area contributed by atoms with E-state index in [-0.39, 0.29) is 23.1 Å². The van der Waals surface area contributed by atoms with Crippen molar-refractivity contribution in [2.75, 3.05) is 32.8 Å². The number of aromatic nitrogens is 1. The third kappa shape index (κ3) is 3.95. The van der Waals surface area contributed by atoms with Crippen molar-refractivity contribution < 1.29 is 9.53 Å². The third-order valence-electron chi connectivity index (χ3n) is 4.81. The van der Waals surface area contributed by atoms with E-state index in [1.54, 1.807) is 17.4 Å². The van der Waals surface area contributed by atoms with Gasteiger partial charge in [0.15, 0.2) is 0 Å². The molecule has 1 amide bonds. The summed E-state index contributed by atoms with van der Waals surface area (Å²) >= 11 is 1.68. The lowest BCUT2D eigenvalue weighted by Crippen LogP contribution is -2.44. The Morgan fingerprint density at radius 3 is 2.81 bits per heavy atom. The number of para-hydroxylation sites is 1. The van der Waals surface area contributed by atoms with Gasteiger partial charge in [-0.25, -0.2) is 0 Å². The van der Waals surface area contributed by atoms with Crippen LogP contribution in [0.4, 0.5) is 0 Å². The second-order valence-electron chi connectivity index (χ2n) is 6.49. The number of ether oxygens (including phenoxy) is 1. The number of aromatic amines is 1. The fourth-order valence-electron chi connectivity index (χ4n) is 3.38. The number of carbonyl (C=O) groups excluding carboxylic acids is 1. The second-order valence-corrected chi connectivity index (χ2v) is 7.47. The number of hydrogen-bond acceptors (Lipinski definition) is 5. The van der Waals surface area contributed by atoms with E-state index in [0.717, 1.165) is 24.0 Å². The molecule has 2 N–H and O–H groups in total. The number of hydrogen-bond donors (Lipinski definition) is 2. The molecule has 0 bridgehead atoms. The maximum atomic E-state index is 12.7. The van der Waals surface area contributed by atoms with Gasteiger partial charge in [0.1, 0.15) is 5.56 Å². The van der Waals surface area contributed by atoms with Gasteiger partial charge in [0.25, 0.3) is 11.5 Å². The van der Waals surface area contributed by atoms with Gasteiger partial charge in [-0.2, -0.15) is 0 Å². The highest BCUT2D eigenvalue weighted by Gasteiger charge is 2.24. The van der Waals surface area contributed by atoms with E-state index in [1.165, 1.54) is 4.88 Å². The fraction of sp³-hybridized carbons (Fsp3) is 0.300. The summed E-state index contributed by atoms with van der Waals surface area (Å²) in [6.45, 7) is 3.50. The van der Waals surface area contributed by atoms with E-state index in [2.05, 4.69) is 21.3 Å². The first kappa shape index (κ1) is 17.9. The Labute approximate surface area is 160 Å². The summed E-state index contributed by atoms with van der Waals surface area (Å²) in [6.07, 6.45) is 0. The van der Waals surface area contributed by atoms with Crippen LogP contribution in [0.2, 0.25) is 0 Å². The molecule has 0 radical (unpaired) electrons. The van der Waals surface area contributed by atoms with Crippen LogP contribution < -0.4 is 10.9 Å². The molecule has 0 unspecified atom stereocenters. The van der Waals surface area contributed by atoms with Crippen molar-refractivity contribution in [3.8, 4) is 0 Å². The minimum absolute atomic E-state index is 0.0809. The quantitative estimate of drug-likeness (QED) is 0.710. The highest BCUT2D eigenvalue weighted by molar-refractivity contribution is 7.10. The zero-order valence-electron chi connectivity index (χ0n) is 14.8. The van der Waals surface area contributed by atoms with Gasteiger partial charge in [0, 0.05) is 30.0 Å². The van der Waals surface area contributed by atoms with Crippen LogP contribution in [0.15, 0.2) is 52.6 Å². The van der Waals surface area contributed by atoms with Crippen LogP contribution in [0.25, 0.3) is 10.9 Å². The number of nitrogens with zero attached hydrogens (tertiary/aromatic N) is 1. The smallest absolute Gasteiger partial charge is 0.261 e. The van der Waals surface area contributed by atoms with E-state index < -0.39 is 0 Å². The number of rotatable bonds is 5. The van der Waals surface area contributed by atoms with E-state index in [9.17, 15) is 9.59 Å². The molecule has 0 saturated carbocycles. The summed E-state index contributed by atoms with van der Waals surface area (Å²) in [7, 11) is 0. The largest absolute Gasteiger partial charge is 0.379 e. The molecule has 2 aromatic heterocycles. The summed E-state index contributed by atoms with van der Waals surface area (Å²) in [5.41, 5.74) is 0.495. The normalized spacial score (nSPS) is 16.3. The Balaban J connectivity index is 1.53. The molecule has 3 heterocycles. The lowest BCUT2D eigenvalue weighted by Gasteiger charge is -2.34. The molecule has 27 heavy (non-hydrogen) atoms. The molecule has 6 nitrogen and oxygen atoms in total. The second kappa shape index (κ2) is 8.04. The third-order valence-corrected chi connectivity index (χ3v) is 5.79. The lowest BCUT2D eigenvalue weighted by atomic mass is 10.1. The van der Waals surface area contributed by atoms with Crippen molar-refractivity contribution in [2.24, 2.45) is 0 Å². The topological polar surface area (TPSA) is 74.4 Å². The fourth-order valence-corrected chi connectivity index (χ4v) is 4.24. The minimum Gasteiger partial charge on any atom is -0.379 e. The van der Waals surface area contributed by atoms with Crippen molar-refractivity contribution in [2.45, 2.75) is 6.04 Å². The van der Waals surface area contributed by atoms with Crippen LogP contribution in [0.1, 0.15) is 21.3 Å². The molecule has 1 saturated heterocycles. The molecule has 1 aliphatic rings. The monoisotopic (exact) mass is 383 g/mol. The number of benzene rings is 1. The van der Waals surface area contributed by atoms with E-state index in [1.807, 2.05) is 35.7 Å². The van der Waals surface area contributed by atoms with Gasteiger partial charge in [0.05, 0.1) is 19.3 Å². The molecule has 1 aromatic carbocycles. The average Bonchev–Trinajstić information content (AvgIpc) is 3.23. The van der Waals surface area contributed by atoms with E-state index >= 15 is 0 Å². The Kier molecular flexibility index (Phi) is 5.33. The van der Waals surface area contributed by atoms with Gasteiger partial charge in [-0.3, -0.25) is 14.5 Å². The van der Waals surface area contributed by atoms with Gasteiger partial charge >= 0.3 is 0 Å². The maximum Gasteiger partial charge on any atom is 0.261 e. The maximum absolute atomic E-state index is 12.7. The zero-order valence-corrected chi connectivity index (χ0v) is 15.6. The molecule has 7 heteroatoms. The summed E-state index contributed by atoms with van der Waals surface area (Å²) in [4.78, 5) is 31.3. The van der Waals surface area contributed by atoms with Gasteiger partial charge < -0.3 is 15.0 Å². The first-order valence-electron chi connectivity index (χ1n) is 8.98. The Bertz CT molecular complexity index is 978. The molecule has 1 fully saturated rings. The number of pyridine rings is 1. The molecule has 3 aromatic rings. The number of morpholine rings is 1. The zero-order chi connectivity index (χ0) is 18.6. The lowest BCUT2D eigenvalue weighted by molar-refractivity contribution is 0.0169. The number of H-pyrrole nitrogens is 1. The van der Waals surface area contributed by atoms with Crippen LogP contribution in [-0.4, -0.2) is 48.6 Å².